The summed E-state index contributed by atoms with van der Waals surface area (Å²) in [5, 5.41) is 52.2. The van der Waals surface area contributed by atoms with Crippen LogP contribution in [-0.2, 0) is 25.6 Å². The molecule has 4 aromatic rings. The highest BCUT2D eigenvalue weighted by atomic mass is 35.5. The monoisotopic (exact) mass is 764 g/mol. The summed E-state index contributed by atoms with van der Waals surface area (Å²) in [6.07, 6.45) is 2.19. The van der Waals surface area contributed by atoms with Crippen LogP contribution in [0.15, 0.2) is 69.9 Å². The molecule has 1 aromatic heterocycles. The van der Waals surface area contributed by atoms with Crippen LogP contribution in [0.5, 0.6) is 11.5 Å². The Morgan fingerprint density at radius 2 is 1.79 bits per heavy atom. The van der Waals surface area contributed by atoms with E-state index in [0.29, 0.717) is 12.2 Å². The summed E-state index contributed by atoms with van der Waals surface area (Å²) in [7, 11) is -4.27. The second-order valence-corrected chi connectivity index (χ2v) is 15.5. The molecule has 17 heteroatoms. The molecule has 1 atom stereocenters. The van der Waals surface area contributed by atoms with Crippen molar-refractivity contribution in [3.05, 3.63) is 86.6 Å². The normalized spacial score (nSPS) is 12.8. The molecule has 0 aliphatic rings. The van der Waals surface area contributed by atoms with E-state index in [1.165, 1.54) is 12.1 Å². The van der Waals surface area contributed by atoms with Crippen molar-refractivity contribution in [3.8, 4) is 23.3 Å². The highest BCUT2D eigenvalue weighted by molar-refractivity contribution is 7.89. The SMILES string of the molecule is CC[C@H](Oc1ccc(C(C)(C)CC)cc1C(C)(C)CC)C(=O)Nc1cc(N=Nc2c(C#N)cnn2-c2ccc(S(N)(=O)=O)cc2[N+](=O)[O-])cc(Cl)c1O. The topological polar surface area (TPSA) is 228 Å². The molecule has 0 aliphatic heterocycles. The molecule has 0 saturated heterocycles. The minimum absolute atomic E-state index is 0.0221. The lowest BCUT2D eigenvalue weighted by Gasteiger charge is -2.31. The molecule has 4 N–H and O–H groups in total. The first kappa shape index (κ1) is 40.4. The van der Waals surface area contributed by atoms with E-state index < -0.39 is 43.3 Å². The van der Waals surface area contributed by atoms with E-state index in [9.17, 15) is 33.7 Å². The van der Waals surface area contributed by atoms with Crippen molar-refractivity contribution in [2.45, 2.75) is 89.6 Å². The summed E-state index contributed by atoms with van der Waals surface area (Å²) in [5.74, 6) is -0.677. The summed E-state index contributed by atoms with van der Waals surface area (Å²) in [6, 6.07) is 13.4. The molecular formula is C36H41ClN8O7S. The van der Waals surface area contributed by atoms with Crippen LogP contribution in [0, 0.1) is 21.4 Å². The molecule has 4 rings (SSSR count). The highest BCUT2D eigenvalue weighted by Crippen LogP contribution is 2.41. The first-order valence-electron chi connectivity index (χ1n) is 16.6. The molecule has 0 spiro atoms. The summed E-state index contributed by atoms with van der Waals surface area (Å²) in [5.41, 5.74) is 0.700. The summed E-state index contributed by atoms with van der Waals surface area (Å²) in [6.45, 7) is 14.6. The van der Waals surface area contributed by atoms with Gasteiger partial charge in [0, 0.05) is 11.6 Å². The number of nitriles is 1. The largest absolute Gasteiger partial charge is 0.504 e. The lowest BCUT2D eigenvalue weighted by Crippen LogP contribution is -2.33. The van der Waals surface area contributed by atoms with Crippen LogP contribution < -0.4 is 15.2 Å². The van der Waals surface area contributed by atoms with Gasteiger partial charge in [-0.25, -0.2) is 18.2 Å². The number of hydrogen-bond acceptors (Lipinski definition) is 11. The number of amides is 1. The number of carbonyl (C=O) groups excluding carboxylic acids is 1. The Morgan fingerprint density at radius 1 is 1.11 bits per heavy atom. The number of hydrogen-bond donors (Lipinski definition) is 3. The van der Waals surface area contributed by atoms with Gasteiger partial charge in [-0.1, -0.05) is 72.2 Å². The van der Waals surface area contributed by atoms with Crippen molar-refractivity contribution in [1.82, 2.24) is 9.78 Å². The fraction of sp³-hybridized carbons (Fsp3) is 0.361. The van der Waals surface area contributed by atoms with Gasteiger partial charge in [0.2, 0.25) is 10.0 Å². The van der Waals surface area contributed by atoms with Gasteiger partial charge in [0.15, 0.2) is 17.7 Å². The zero-order valence-corrected chi connectivity index (χ0v) is 31.9. The van der Waals surface area contributed by atoms with E-state index in [4.69, 9.17) is 21.5 Å². The first-order chi connectivity index (χ1) is 24.8. The maximum absolute atomic E-state index is 13.6. The molecule has 1 heterocycles. The van der Waals surface area contributed by atoms with Gasteiger partial charge in [0.05, 0.1) is 32.4 Å². The molecule has 53 heavy (non-hydrogen) atoms. The van der Waals surface area contributed by atoms with E-state index in [-0.39, 0.29) is 44.3 Å². The van der Waals surface area contributed by atoms with Crippen LogP contribution in [0.2, 0.25) is 5.02 Å². The molecule has 1 amide bonds. The average Bonchev–Trinajstić information content (AvgIpc) is 3.53. The molecule has 0 bridgehead atoms. The lowest BCUT2D eigenvalue weighted by atomic mass is 9.76. The Balaban J connectivity index is 1.68. The van der Waals surface area contributed by atoms with Crippen molar-refractivity contribution < 1.29 is 28.0 Å². The van der Waals surface area contributed by atoms with Crippen LogP contribution in [0.3, 0.4) is 0 Å². The van der Waals surface area contributed by atoms with Crippen LogP contribution in [0.1, 0.15) is 84.4 Å². The number of phenols is 1. The quantitative estimate of drug-likeness (QED) is 0.0485. The maximum Gasteiger partial charge on any atom is 0.296 e. The molecule has 0 saturated carbocycles. The fourth-order valence-corrected chi connectivity index (χ4v) is 5.95. The zero-order valence-electron chi connectivity index (χ0n) is 30.3. The van der Waals surface area contributed by atoms with Crippen LogP contribution in [0.25, 0.3) is 5.69 Å². The van der Waals surface area contributed by atoms with Crippen LogP contribution in [-0.4, -0.2) is 40.2 Å². The fourth-order valence-electron chi connectivity index (χ4n) is 5.21. The van der Waals surface area contributed by atoms with Gasteiger partial charge in [-0.15, -0.1) is 10.2 Å². The van der Waals surface area contributed by atoms with Gasteiger partial charge in [-0.3, -0.25) is 14.9 Å². The molecule has 0 radical (unpaired) electrons. The summed E-state index contributed by atoms with van der Waals surface area (Å²) >= 11 is 6.31. The standard InChI is InChI=1S/C36H41ClN8O7S/c1-8-30(52-31-14-11-22(35(4,5)9-2)15-25(31)36(6,7)10-3)34(47)41-27-17-23(16-26(37)32(27)46)42-43-33-21(19-38)20-40-44(33)28-13-12-24(53(39,50)51)18-29(28)45(48)49/h11-18,20,30,46H,8-10H2,1-7H3,(H,41,47)(H2,39,50,51)/t30-/m0/s1. The Morgan fingerprint density at radius 3 is 2.38 bits per heavy atom. The number of nitro groups is 1. The van der Waals surface area contributed by atoms with E-state index >= 15 is 0 Å². The maximum atomic E-state index is 13.6. The van der Waals surface area contributed by atoms with Crippen LogP contribution in [0.4, 0.5) is 22.9 Å². The molecule has 15 nitrogen and oxygen atoms in total. The number of nitro benzene ring substituents is 1. The number of anilines is 1. The molecule has 280 valence electrons. The first-order valence-corrected chi connectivity index (χ1v) is 18.6. The van der Waals surface area contributed by atoms with Gasteiger partial charge in [0.25, 0.3) is 11.6 Å². The number of azo groups is 1. The Hall–Kier alpha value is -5.37. The number of nitrogens with two attached hydrogens (primary N) is 1. The van der Waals surface area contributed by atoms with E-state index in [0.717, 1.165) is 53.0 Å². The number of rotatable bonds is 14. The second-order valence-electron chi connectivity index (χ2n) is 13.6. The Bertz CT molecular complexity index is 2240. The number of carbonyl (C=O) groups is 1. The van der Waals surface area contributed by atoms with E-state index in [1.807, 2.05) is 18.2 Å². The van der Waals surface area contributed by atoms with Crippen molar-refractivity contribution in [1.29, 1.82) is 5.26 Å². The number of primary sulfonamides is 1. The minimum atomic E-state index is -4.27. The van der Waals surface area contributed by atoms with Gasteiger partial charge in [-0.05, 0) is 66.0 Å². The zero-order chi connectivity index (χ0) is 39.5. The number of nitrogens with one attached hydrogen (secondary N) is 1. The minimum Gasteiger partial charge on any atom is -0.504 e. The number of aromatic hydroxyl groups is 1. The summed E-state index contributed by atoms with van der Waals surface area (Å²) < 4.78 is 30.9. The number of sulfonamides is 1. The third-order valence-electron chi connectivity index (χ3n) is 9.32. The van der Waals surface area contributed by atoms with E-state index in [1.54, 1.807) is 6.92 Å². The number of halogens is 1. The van der Waals surface area contributed by atoms with Gasteiger partial charge in [0.1, 0.15) is 23.1 Å². The third kappa shape index (κ3) is 8.82. The average molecular weight is 765 g/mol. The molecular weight excluding hydrogens is 724 g/mol. The number of ether oxygens (including phenoxy) is 1. The van der Waals surface area contributed by atoms with Crippen molar-refractivity contribution >= 4 is 50.4 Å². The van der Waals surface area contributed by atoms with Gasteiger partial charge >= 0.3 is 0 Å². The molecule has 0 aliphatic carbocycles. The Kier molecular flexibility index (Phi) is 12.0. The third-order valence-corrected chi connectivity index (χ3v) is 10.5. The van der Waals surface area contributed by atoms with Crippen LogP contribution >= 0.6 is 11.6 Å². The van der Waals surface area contributed by atoms with Gasteiger partial charge in [-0.2, -0.15) is 10.4 Å². The van der Waals surface area contributed by atoms with Crippen molar-refractivity contribution in [2.75, 3.05) is 5.32 Å². The second kappa shape index (κ2) is 15.7. The molecule has 0 fully saturated rings. The van der Waals surface area contributed by atoms with E-state index in [2.05, 4.69) is 68.3 Å². The predicted octanol–water partition coefficient (Wildman–Crippen LogP) is 8.25. The van der Waals surface area contributed by atoms with Crippen molar-refractivity contribution in [3.63, 3.8) is 0 Å². The summed E-state index contributed by atoms with van der Waals surface area (Å²) in [4.78, 5) is 24.2. The highest BCUT2D eigenvalue weighted by Gasteiger charge is 2.30. The molecule has 3 aromatic carbocycles. The number of benzene rings is 3. The number of phenolic OH excluding ortho intramolecular Hbond substituents is 1. The smallest absolute Gasteiger partial charge is 0.296 e. The van der Waals surface area contributed by atoms with Gasteiger partial charge < -0.3 is 15.2 Å². The molecule has 0 unspecified atom stereocenters. The number of nitrogens with zero attached hydrogens (tertiary/aromatic N) is 6. The Labute approximate surface area is 312 Å². The predicted molar refractivity (Wildman–Crippen MR) is 200 cm³/mol. The lowest BCUT2D eigenvalue weighted by molar-refractivity contribution is -0.384. The van der Waals surface area contributed by atoms with Crippen molar-refractivity contribution in [2.24, 2.45) is 15.4 Å². The number of aromatic nitrogens is 2.